The normalized spacial score (nSPS) is 10.2. The lowest BCUT2D eigenvalue weighted by Crippen LogP contribution is -2.07. The molecule has 0 bridgehead atoms. The van der Waals surface area contributed by atoms with Gasteiger partial charge in [0.25, 0.3) is 0 Å². The molecular formula is C17H18N6O. The molecule has 0 aliphatic carbocycles. The smallest absolute Gasteiger partial charge is 0.137 e. The van der Waals surface area contributed by atoms with Crippen LogP contribution in [0.25, 0.3) is 0 Å². The maximum atomic E-state index is 5.16. The van der Waals surface area contributed by atoms with Crippen molar-refractivity contribution in [3.05, 3.63) is 60.8 Å². The third-order valence-corrected chi connectivity index (χ3v) is 3.38. The maximum Gasteiger partial charge on any atom is 0.137 e. The Bertz CT molecular complexity index is 764. The van der Waals surface area contributed by atoms with E-state index in [4.69, 9.17) is 4.74 Å². The van der Waals surface area contributed by atoms with Gasteiger partial charge in [-0.15, -0.1) is 0 Å². The average molecular weight is 322 g/mol. The largest absolute Gasteiger partial charge is 0.497 e. The Morgan fingerprint density at radius 1 is 0.917 bits per heavy atom. The molecule has 0 spiro atoms. The third-order valence-electron chi connectivity index (χ3n) is 3.38. The molecule has 0 amide bonds. The second kappa shape index (κ2) is 7.87. The van der Waals surface area contributed by atoms with Gasteiger partial charge in [-0.1, -0.05) is 12.1 Å². The summed E-state index contributed by atoms with van der Waals surface area (Å²) >= 11 is 0. The highest BCUT2D eigenvalue weighted by Crippen LogP contribution is 2.14. The zero-order valence-electron chi connectivity index (χ0n) is 13.3. The van der Waals surface area contributed by atoms with Crippen molar-refractivity contribution < 1.29 is 4.74 Å². The molecule has 1 aromatic carbocycles. The summed E-state index contributed by atoms with van der Waals surface area (Å²) in [5, 5.41) is 6.40. The fourth-order valence-corrected chi connectivity index (χ4v) is 2.15. The quantitative estimate of drug-likeness (QED) is 0.691. The van der Waals surface area contributed by atoms with Crippen LogP contribution in [0.1, 0.15) is 5.56 Å². The topological polar surface area (TPSA) is 84.9 Å². The summed E-state index contributed by atoms with van der Waals surface area (Å²) in [5.74, 6) is 2.99. The molecule has 0 radical (unpaired) electrons. The fourth-order valence-electron chi connectivity index (χ4n) is 2.15. The van der Waals surface area contributed by atoms with Crippen LogP contribution in [0, 0.1) is 0 Å². The molecule has 0 aliphatic heterocycles. The van der Waals surface area contributed by atoms with Gasteiger partial charge < -0.3 is 15.4 Å². The molecule has 24 heavy (non-hydrogen) atoms. The van der Waals surface area contributed by atoms with Crippen LogP contribution in [0.5, 0.6) is 5.75 Å². The van der Waals surface area contributed by atoms with E-state index in [2.05, 4.69) is 42.7 Å². The predicted octanol–water partition coefficient (Wildman–Crippen LogP) is 2.67. The van der Waals surface area contributed by atoms with Gasteiger partial charge in [-0.25, -0.2) is 19.9 Å². The minimum Gasteiger partial charge on any atom is -0.497 e. The number of rotatable bonds is 7. The lowest BCUT2D eigenvalue weighted by molar-refractivity contribution is 0.414. The van der Waals surface area contributed by atoms with Crippen molar-refractivity contribution in [1.82, 2.24) is 19.9 Å². The SMILES string of the molecule is COc1ccc(CCNc2cc(Nc3ccncn3)ncn2)cc1. The second-order valence-corrected chi connectivity index (χ2v) is 5.03. The van der Waals surface area contributed by atoms with Crippen LogP contribution in [-0.2, 0) is 6.42 Å². The number of methoxy groups -OCH3 is 1. The van der Waals surface area contributed by atoms with E-state index in [1.807, 2.05) is 18.2 Å². The highest BCUT2D eigenvalue weighted by Gasteiger charge is 2.01. The van der Waals surface area contributed by atoms with Crippen LogP contribution in [0.15, 0.2) is 55.2 Å². The molecule has 2 heterocycles. The summed E-state index contributed by atoms with van der Waals surface area (Å²) in [6.45, 7) is 0.774. The first kappa shape index (κ1) is 15.7. The number of ether oxygens (including phenoxy) is 1. The van der Waals surface area contributed by atoms with Crippen molar-refractivity contribution >= 4 is 17.5 Å². The van der Waals surface area contributed by atoms with Gasteiger partial charge in [-0.2, -0.15) is 0 Å². The second-order valence-electron chi connectivity index (χ2n) is 5.03. The van der Waals surface area contributed by atoms with Gasteiger partial charge in [0.15, 0.2) is 0 Å². The Balaban J connectivity index is 1.54. The predicted molar refractivity (Wildman–Crippen MR) is 92.5 cm³/mol. The first-order chi connectivity index (χ1) is 11.8. The molecule has 0 fully saturated rings. The Morgan fingerprint density at radius 2 is 1.71 bits per heavy atom. The van der Waals surface area contributed by atoms with Gasteiger partial charge in [0.2, 0.25) is 0 Å². The van der Waals surface area contributed by atoms with Gasteiger partial charge in [0, 0.05) is 18.8 Å². The van der Waals surface area contributed by atoms with Crippen molar-refractivity contribution in [3.8, 4) is 5.75 Å². The number of nitrogens with one attached hydrogen (secondary N) is 2. The Morgan fingerprint density at radius 3 is 2.46 bits per heavy atom. The van der Waals surface area contributed by atoms with E-state index < -0.39 is 0 Å². The maximum absolute atomic E-state index is 5.16. The highest BCUT2D eigenvalue weighted by atomic mass is 16.5. The van der Waals surface area contributed by atoms with E-state index in [9.17, 15) is 0 Å². The van der Waals surface area contributed by atoms with E-state index in [-0.39, 0.29) is 0 Å². The number of hydrogen-bond acceptors (Lipinski definition) is 7. The van der Waals surface area contributed by atoms with E-state index in [0.29, 0.717) is 11.6 Å². The van der Waals surface area contributed by atoms with Gasteiger partial charge in [-0.05, 0) is 30.2 Å². The van der Waals surface area contributed by atoms with Gasteiger partial charge in [-0.3, -0.25) is 0 Å². The Labute approximate surface area is 140 Å². The van der Waals surface area contributed by atoms with Crippen molar-refractivity contribution in [2.24, 2.45) is 0 Å². The third kappa shape index (κ3) is 4.39. The van der Waals surface area contributed by atoms with Gasteiger partial charge in [0.05, 0.1) is 7.11 Å². The molecule has 0 unspecified atom stereocenters. The van der Waals surface area contributed by atoms with E-state index in [1.54, 1.807) is 19.4 Å². The Kier molecular flexibility index (Phi) is 5.14. The van der Waals surface area contributed by atoms with Gasteiger partial charge in [0.1, 0.15) is 35.9 Å². The standard InChI is InChI=1S/C17H18N6O/c1-24-14-4-2-13(3-5-14)6-9-19-16-10-17(22-12-21-16)23-15-7-8-18-11-20-15/h2-5,7-8,10-12H,6,9H2,1H3,(H2,18,19,20,21,22,23). The van der Waals surface area contributed by atoms with Crippen molar-refractivity contribution in [3.63, 3.8) is 0 Å². The summed E-state index contributed by atoms with van der Waals surface area (Å²) < 4.78 is 5.16. The number of anilines is 3. The van der Waals surface area contributed by atoms with Crippen LogP contribution < -0.4 is 15.4 Å². The minimum absolute atomic E-state index is 0.677. The van der Waals surface area contributed by atoms with Crippen molar-refractivity contribution in [2.45, 2.75) is 6.42 Å². The van der Waals surface area contributed by atoms with Crippen LogP contribution in [0.3, 0.4) is 0 Å². The number of benzene rings is 1. The summed E-state index contributed by atoms with van der Waals surface area (Å²) in [4.78, 5) is 16.4. The van der Waals surface area contributed by atoms with Crippen molar-refractivity contribution in [1.29, 1.82) is 0 Å². The van der Waals surface area contributed by atoms with Crippen LogP contribution in [0.4, 0.5) is 17.5 Å². The number of hydrogen-bond donors (Lipinski definition) is 2. The van der Waals surface area contributed by atoms with E-state index in [1.165, 1.54) is 18.2 Å². The van der Waals surface area contributed by atoms with Gasteiger partial charge >= 0.3 is 0 Å². The number of nitrogens with zero attached hydrogens (tertiary/aromatic N) is 4. The highest BCUT2D eigenvalue weighted by molar-refractivity contribution is 5.54. The average Bonchev–Trinajstić information content (AvgIpc) is 2.63. The summed E-state index contributed by atoms with van der Waals surface area (Å²) in [5.41, 5.74) is 1.23. The number of aromatic nitrogens is 4. The molecule has 7 heteroatoms. The molecule has 2 N–H and O–H groups in total. The van der Waals surface area contributed by atoms with Crippen LogP contribution >= 0.6 is 0 Å². The fraction of sp³-hybridized carbons (Fsp3) is 0.176. The molecule has 2 aromatic heterocycles. The molecule has 0 aliphatic rings. The van der Waals surface area contributed by atoms with E-state index >= 15 is 0 Å². The monoisotopic (exact) mass is 322 g/mol. The molecule has 122 valence electrons. The van der Waals surface area contributed by atoms with Crippen LogP contribution in [-0.4, -0.2) is 33.6 Å². The first-order valence-electron chi connectivity index (χ1n) is 7.55. The van der Waals surface area contributed by atoms with Crippen molar-refractivity contribution in [2.75, 3.05) is 24.3 Å². The summed E-state index contributed by atoms with van der Waals surface area (Å²) in [6, 6.07) is 11.7. The molecular weight excluding hydrogens is 304 g/mol. The molecule has 0 saturated heterocycles. The minimum atomic E-state index is 0.677. The molecule has 7 nitrogen and oxygen atoms in total. The van der Waals surface area contributed by atoms with E-state index in [0.717, 1.165) is 24.5 Å². The lowest BCUT2D eigenvalue weighted by atomic mass is 10.1. The Hall–Kier alpha value is -3.22. The molecule has 0 saturated carbocycles. The first-order valence-corrected chi connectivity index (χ1v) is 7.55. The lowest BCUT2D eigenvalue weighted by Gasteiger charge is -2.08. The molecule has 3 aromatic rings. The zero-order valence-corrected chi connectivity index (χ0v) is 13.3. The zero-order chi connectivity index (χ0) is 16.6. The summed E-state index contributed by atoms with van der Waals surface area (Å²) in [7, 11) is 1.67. The van der Waals surface area contributed by atoms with Crippen LogP contribution in [0.2, 0.25) is 0 Å². The molecule has 3 rings (SSSR count). The summed E-state index contributed by atoms with van der Waals surface area (Å²) in [6.07, 6.45) is 5.56. The molecule has 0 atom stereocenters.